The van der Waals surface area contributed by atoms with Crippen molar-refractivity contribution in [1.29, 1.82) is 0 Å². The SMILES string of the molecule is C[C@H]1c2oncc2C[C@@]2(C)c3nc(-c4ccnc5ccccc45)nc(-c4nccs4)c3CC[C@H]12. The molecule has 4 aromatic heterocycles. The van der Waals surface area contributed by atoms with Crippen LogP contribution in [-0.2, 0) is 18.3 Å². The number of benzene rings is 1. The summed E-state index contributed by atoms with van der Waals surface area (Å²) < 4.78 is 5.68. The fraction of sp³-hybridized carbons (Fsp3) is 0.296. The maximum atomic E-state index is 5.68. The molecule has 0 amide bonds. The van der Waals surface area contributed by atoms with Crippen molar-refractivity contribution < 1.29 is 4.52 Å². The Kier molecular flexibility index (Phi) is 4.27. The van der Waals surface area contributed by atoms with Crippen molar-refractivity contribution in [2.24, 2.45) is 5.92 Å². The predicted octanol–water partition coefficient (Wildman–Crippen LogP) is 5.98. The van der Waals surface area contributed by atoms with Crippen molar-refractivity contribution in [2.75, 3.05) is 0 Å². The standard InChI is InChI=1S/C27H23N5OS/c1-15-20-8-7-19-22(26-29-11-12-34-26)31-25(18-9-10-28-21-6-4-3-5-17(18)21)32-24(19)27(20,2)13-16-14-30-33-23(15)16/h3-6,9-12,14-15,20H,7-8,13H2,1-2H3/t15-,20-,27-/m1/s1. The molecular weight excluding hydrogens is 442 g/mol. The van der Waals surface area contributed by atoms with Gasteiger partial charge >= 0.3 is 0 Å². The first-order valence-corrected chi connectivity index (χ1v) is 12.6. The minimum atomic E-state index is -0.127. The highest BCUT2D eigenvalue weighted by Gasteiger charge is 2.50. The number of thiazole rings is 1. The van der Waals surface area contributed by atoms with Crippen LogP contribution in [0.4, 0.5) is 0 Å². The second-order valence-electron chi connectivity index (χ2n) is 9.68. The number of fused-ring (bicyclic) bond motifs is 5. The number of aromatic nitrogens is 5. The van der Waals surface area contributed by atoms with Gasteiger partial charge in [0, 0.05) is 51.2 Å². The van der Waals surface area contributed by atoms with Crippen molar-refractivity contribution in [3.63, 3.8) is 0 Å². The topological polar surface area (TPSA) is 77.6 Å². The number of rotatable bonds is 2. The van der Waals surface area contributed by atoms with Crippen molar-refractivity contribution >= 4 is 22.2 Å². The van der Waals surface area contributed by atoms with Gasteiger partial charge in [-0.25, -0.2) is 15.0 Å². The maximum absolute atomic E-state index is 5.68. The number of nitrogens with zero attached hydrogens (tertiary/aromatic N) is 5. The Labute approximate surface area is 201 Å². The van der Waals surface area contributed by atoms with E-state index in [1.54, 1.807) is 11.3 Å². The second-order valence-corrected chi connectivity index (χ2v) is 10.6. The average molecular weight is 466 g/mol. The Morgan fingerprint density at radius 1 is 1.09 bits per heavy atom. The molecule has 7 heteroatoms. The van der Waals surface area contributed by atoms with E-state index in [9.17, 15) is 0 Å². The summed E-state index contributed by atoms with van der Waals surface area (Å²) >= 11 is 1.64. The fourth-order valence-corrected chi connectivity index (χ4v) is 6.94. The highest BCUT2D eigenvalue weighted by molar-refractivity contribution is 7.13. The van der Waals surface area contributed by atoms with Crippen molar-refractivity contribution in [3.8, 4) is 22.1 Å². The summed E-state index contributed by atoms with van der Waals surface area (Å²) in [5.74, 6) is 2.52. The highest BCUT2D eigenvalue weighted by Crippen LogP contribution is 2.54. The van der Waals surface area contributed by atoms with Crippen LogP contribution in [0.15, 0.2) is 58.8 Å². The van der Waals surface area contributed by atoms with Gasteiger partial charge in [-0.1, -0.05) is 37.2 Å². The van der Waals surface area contributed by atoms with Gasteiger partial charge in [-0.15, -0.1) is 11.3 Å². The molecule has 0 radical (unpaired) electrons. The number of pyridine rings is 1. The Morgan fingerprint density at radius 3 is 2.88 bits per heavy atom. The van der Waals surface area contributed by atoms with Crippen LogP contribution in [-0.4, -0.2) is 25.1 Å². The first-order chi connectivity index (χ1) is 16.6. The second kappa shape index (κ2) is 7.27. The number of para-hydroxylation sites is 1. The summed E-state index contributed by atoms with van der Waals surface area (Å²) in [4.78, 5) is 19.7. The minimum Gasteiger partial charge on any atom is -0.361 e. The van der Waals surface area contributed by atoms with E-state index < -0.39 is 0 Å². The highest BCUT2D eigenvalue weighted by atomic mass is 32.1. The van der Waals surface area contributed by atoms with E-state index in [2.05, 4.69) is 35.0 Å². The molecule has 2 aliphatic carbocycles. The minimum absolute atomic E-state index is 0.127. The monoisotopic (exact) mass is 465 g/mol. The molecule has 0 N–H and O–H groups in total. The molecule has 34 heavy (non-hydrogen) atoms. The number of hydrogen-bond donors (Lipinski definition) is 0. The van der Waals surface area contributed by atoms with Gasteiger partial charge < -0.3 is 4.52 Å². The predicted molar refractivity (Wildman–Crippen MR) is 132 cm³/mol. The molecule has 0 saturated heterocycles. The molecule has 0 fully saturated rings. The van der Waals surface area contributed by atoms with Crippen LogP contribution in [0.1, 0.15) is 48.8 Å². The first kappa shape index (κ1) is 20.0. The van der Waals surface area contributed by atoms with E-state index in [4.69, 9.17) is 14.5 Å². The maximum Gasteiger partial charge on any atom is 0.160 e. The van der Waals surface area contributed by atoms with E-state index >= 15 is 0 Å². The lowest BCUT2D eigenvalue weighted by molar-refractivity contribution is 0.172. The van der Waals surface area contributed by atoms with Gasteiger partial charge in [0.2, 0.25) is 0 Å². The van der Waals surface area contributed by atoms with E-state index in [-0.39, 0.29) is 5.41 Å². The van der Waals surface area contributed by atoms with Crippen LogP contribution < -0.4 is 0 Å². The molecule has 0 unspecified atom stereocenters. The van der Waals surface area contributed by atoms with E-state index in [1.807, 2.05) is 48.2 Å². The largest absolute Gasteiger partial charge is 0.361 e. The van der Waals surface area contributed by atoms with Crippen LogP contribution >= 0.6 is 11.3 Å². The summed E-state index contributed by atoms with van der Waals surface area (Å²) in [7, 11) is 0. The van der Waals surface area contributed by atoms with Crippen LogP contribution in [0, 0.1) is 5.92 Å². The zero-order valence-corrected chi connectivity index (χ0v) is 19.8. The molecular formula is C27H23N5OS. The van der Waals surface area contributed by atoms with Gasteiger partial charge in [-0.2, -0.15) is 0 Å². The summed E-state index contributed by atoms with van der Waals surface area (Å²) in [6.07, 6.45) is 8.48. The van der Waals surface area contributed by atoms with E-state index in [0.29, 0.717) is 11.8 Å². The van der Waals surface area contributed by atoms with Gasteiger partial charge in [0.1, 0.15) is 16.5 Å². The molecule has 0 saturated carbocycles. The Bertz CT molecular complexity index is 1540. The normalized spacial score (nSPS) is 23.4. The fourth-order valence-electron chi connectivity index (χ4n) is 6.29. The molecule has 0 bridgehead atoms. The van der Waals surface area contributed by atoms with E-state index in [0.717, 1.165) is 63.7 Å². The Hall–Kier alpha value is -3.45. The summed E-state index contributed by atoms with van der Waals surface area (Å²) in [5.41, 5.74) is 6.39. The van der Waals surface area contributed by atoms with Crippen molar-refractivity contribution in [1.82, 2.24) is 25.1 Å². The zero-order valence-electron chi connectivity index (χ0n) is 19.0. The summed E-state index contributed by atoms with van der Waals surface area (Å²) in [5, 5.41) is 8.17. The molecule has 6 nitrogen and oxygen atoms in total. The quantitative estimate of drug-likeness (QED) is 0.319. The van der Waals surface area contributed by atoms with Gasteiger partial charge in [0.25, 0.3) is 0 Å². The molecule has 7 rings (SSSR count). The van der Waals surface area contributed by atoms with Gasteiger partial charge in [-0.05, 0) is 37.3 Å². The molecule has 2 aliphatic rings. The molecule has 1 aromatic carbocycles. The third kappa shape index (κ3) is 2.76. The third-order valence-corrected chi connectivity index (χ3v) is 8.63. The Balaban J connectivity index is 1.51. The van der Waals surface area contributed by atoms with Gasteiger partial charge in [0.15, 0.2) is 5.82 Å². The van der Waals surface area contributed by atoms with Crippen molar-refractivity contribution in [2.45, 2.75) is 44.4 Å². The van der Waals surface area contributed by atoms with Crippen LogP contribution in [0.5, 0.6) is 0 Å². The van der Waals surface area contributed by atoms with Crippen molar-refractivity contribution in [3.05, 3.63) is 76.9 Å². The average Bonchev–Trinajstić information content (AvgIpc) is 3.55. The molecule has 3 atom stereocenters. The molecule has 168 valence electrons. The smallest absolute Gasteiger partial charge is 0.160 e. The van der Waals surface area contributed by atoms with E-state index in [1.165, 1.54) is 11.1 Å². The van der Waals surface area contributed by atoms with Gasteiger partial charge in [-0.3, -0.25) is 4.98 Å². The molecule has 0 aliphatic heterocycles. The lowest BCUT2D eigenvalue weighted by Gasteiger charge is -2.47. The number of hydrogen-bond acceptors (Lipinski definition) is 7. The summed E-state index contributed by atoms with van der Waals surface area (Å²) in [6.45, 7) is 4.65. The lowest BCUT2D eigenvalue weighted by Crippen LogP contribution is -2.45. The molecule has 4 heterocycles. The summed E-state index contributed by atoms with van der Waals surface area (Å²) in [6, 6.07) is 10.2. The van der Waals surface area contributed by atoms with Crippen LogP contribution in [0.3, 0.4) is 0 Å². The third-order valence-electron chi connectivity index (χ3n) is 7.85. The van der Waals surface area contributed by atoms with Gasteiger partial charge in [0.05, 0.1) is 17.4 Å². The molecule has 5 aromatic rings. The zero-order chi connectivity index (χ0) is 22.9. The molecule has 0 spiro atoms. The first-order valence-electron chi connectivity index (χ1n) is 11.7. The van der Waals surface area contributed by atoms with Crippen LogP contribution in [0.2, 0.25) is 0 Å². The lowest BCUT2D eigenvalue weighted by atomic mass is 9.56. The Morgan fingerprint density at radius 2 is 2.00 bits per heavy atom. The van der Waals surface area contributed by atoms with Crippen LogP contribution in [0.25, 0.3) is 33.0 Å².